The van der Waals surface area contributed by atoms with E-state index >= 15 is 0 Å². The summed E-state index contributed by atoms with van der Waals surface area (Å²) in [4.78, 5) is 13.0. The van der Waals surface area contributed by atoms with Gasteiger partial charge in [-0.3, -0.25) is 4.79 Å². The number of ether oxygens (including phenoxy) is 5. The predicted molar refractivity (Wildman–Crippen MR) is 106 cm³/mol. The molecule has 2 N–H and O–H groups in total. The average Bonchev–Trinajstić information content (AvgIpc) is 3.21. The monoisotopic (exact) mass is 412 g/mol. The maximum absolute atomic E-state index is 13.0. The Bertz CT molecular complexity index is 1020. The second kappa shape index (κ2) is 7.82. The Morgan fingerprint density at radius 1 is 1.17 bits per heavy atom. The summed E-state index contributed by atoms with van der Waals surface area (Å²) in [5.74, 6) is 1.57. The van der Waals surface area contributed by atoms with Gasteiger partial charge in [0.1, 0.15) is 17.4 Å². The number of carbonyl (C=O) groups excluding carboxylic acids is 1. The number of rotatable bonds is 5. The van der Waals surface area contributed by atoms with E-state index in [1.54, 1.807) is 7.11 Å². The molecule has 0 amide bonds. The summed E-state index contributed by atoms with van der Waals surface area (Å²) in [6.07, 6.45) is 3.09. The largest absolute Gasteiger partial charge is 0.492 e. The molecule has 1 aromatic carbocycles. The third kappa shape index (κ3) is 2.84. The molecule has 1 aliphatic carbocycles. The molecule has 0 fully saturated rings. The molecule has 0 saturated heterocycles. The molecule has 4 rings (SSSR count). The minimum atomic E-state index is -0.716. The van der Waals surface area contributed by atoms with Crippen LogP contribution in [0.5, 0.6) is 23.0 Å². The van der Waals surface area contributed by atoms with Crippen molar-refractivity contribution in [1.29, 1.82) is 5.26 Å². The number of allylic oxidation sites excluding steroid dienone is 3. The number of nitriles is 1. The predicted octanol–water partition coefficient (Wildman–Crippen LogP) is 3.20. The van der Waals surface area contributed by atoms with Gasteiger partial charge in [0.25, 0.3) is 0 Å². The average molecular weight is 412 g/mol. The summed E-state index contributed by atoms with van der Waals surface area (Å²) in [5.41, 5.74) is 8.22. The molecule has 3 aliphatic rings. The fraction of sp³-hybridized carbons (Fsp3) is 0.455. The minimum absolute atomic E-state index is 0.0112. The zero-order valence-corrected chi connectivity index (χ0v) is 17.3. The first-order chi connectivity index (χ1) is 14.6. The maximum Gasteiger partial charge on any atom is 0.231 e. The van der Waals surface area contributed by atoms with Crippen molar-refractivity contribution < 1.29 is 28.5 Å². The van der Waals surface area contributed by atoms with E-state index < -0.39 is 5.92 Å². The van der Waals surface area contributed by atoms with E-state index in [1.165, 1.54) is 7.11 Å². The highest BCUT2D eigenvalue weighted by atomic mass is 16.7. The maximum atomic E-state index is 13.0. The van der Waals surface area contributed by atoms with Gasteiger partial charge < -0.3 is 29.4 Å². The Balaban J connectivity index is 2.09. The Kier molecular flexibility index (Phi) is 5.20. The van der Waals surface area contributed by atoms with Crippen LogP contribution in [0.1, 0.15) is 49.7 Å². The first-order valence-electron chi connectivity index (χ1n) is 9.97. The van der Waals surface area contributed by atoms with Crippen LogP contribution < -0.4 is 24.7 Å². The molecule has 0 unspecified atom stereocenters. The van der Waals surface area contributed by atoms with Crippen LogP contribution in [-0.2, 0) is 16.0 Å². The van der Waals surface area contributed by atoms with Crippen LogP contribution in [0, 0.1) is 11.3 Å². The second-order valence-electron chi connectivity index (χ2n) is 7.31. The fourth-order valence-corrected chi connectivity index (χ4v) is 4.50. The first-order valence-corrected chi connectivity index (χ1v) is 9.97. The van der Waals surface area contributed by atoms with Crippen molar-refractivity contribution in [3.8, 4) is 29.1 Å². The molecule has 0 aromatic heterocycles. The number of nitrogens with zero attached hydrogens (tertiary/aromatic N) is 1. The van der Waals surface area contributed by atoms with E-state index in [9.17, 15) is 10.1 Å². The third-order valence-corrected chi connectivity index (χ3v) is 5.67. The van der Waals surface area contributed by atoms with Crippen molar-refractivity contribution in [3.63, 3.8) is 0 Å². The zero-order chi connectivity index (χ0) is 21.4. The molecule has 2 heterocycles. The lowest BCUT2D eigenvalue weighted by Crippen LogP contribution is -2.28. The molecule has 0 bridgehead atoms. The number of ketones is 1. The van der Waals surface area contributed by atoms with E-state index in [1.807, 2.05) is 6.92 Å². The Morgan fingerprint density at radius 3 is 2.50 bits per heavy atom. The van der Waals surface area contributed by atoms with Gasteiger partial charge in [-0.1, -0.05) is 13.3 Å². The highest BCUT2D eigenvalue weighted by Crippen LogP contribution is 2.57. The summed E-state index contributed by atoms with van der Waals surface area (Å²) >= 11 is 0. The summed E-state index contributed by atoms with van der Waals surface area (Å²) in [7, 11) is 3.09. The van der Waals surface area contributed by atoms with Crippen LogP contribution >= 0.6 is 0 Å². The van der Waals surface area contributed by atoms with Gasteiger partial charge in [0, 0.05) is 29.5 Å². The molecular formula is C22H24N2O6. The lowest BCUT2D eigenvalue weighted by Gasteiger charge is -2.33. The summed E-state index contributed by atoms with van der Waals surface area (Å²) in [6, 6.07) is 2.16. The van der Waals surface area contributed by atoms with Gasteiger partial charge in [-0.25, -0.2) is 0 Å². The number of methoxy groups -OCH3 is 2. The molecule has 1 aromatic rings. The number of carbonyl (C=O) groups is 1. The number of benzene rings is 1. The minimum Gasteiger partial charge on any atom is -0.492 e. The van der Waals surface area contributed by atoms with Gasteiger partial charge in [0.15, 0.2) is 17.3 Å². The van der Waals surface area contributed by atoms with Crippen molar-refractivity contribution in [2.75, 3.05) is 21.0 Å². The highest BCUT2D eigenvalue weighted by Gasteiger charge is 2.43. The molecule has 158 valence electrons. The van der Waals surface area contributed by atoms with Crippen LogP contribution in [0.15, 0.2) is 22.8 Å². The Labute approximate surface area is 174 Å². The Hall–Kier alpha value is -3.34. The van der Waals surface area contributed by atoms with Crippen LogP contribution in [0.3, 0.4) is 0 Å². The topological polar surface area (TPSA) is 113 Å². The van der Waals surface area contributed by atoms with Gasteiger partial charge in [0.05, 0.1) is 20.1 Å². The van der Waals surface area contributed by atoms with Gasteiger partial charge in [-0.15, -0.1) is 0 Å². The first kappa shape index (κ1) is 20.0. The number of hydrogen-bond acceptors (Lipinski definition) is 8. The van der Waals surface area contributed by atoms with Crippen molar-refractivity contribution in [2.24, 2.45) is 5.73 Å². The van der Waals surface area contributed by atoms with Crippen LogP contribution in [-0.4, -0.2) is 26.8 Å². The summed E-state index contributed by atoms with van der Waals surface area (Å²) in [5, 5.41) is 9.94. The van der Waals surface area contributed by atoms with Crippen molar-refractivity contribution in [1.82, 2.24) is 0 Å². The van der Waals surface area contributed by atoms with Crippen LogP contribution in [0.4, 0.5) is 0 Å². The van der Waals surface area contributed by atoms with Gasteiger partial charge in [-0.05, 0) is 12.8 Å². The summed E-state index contributed by atoms with van der Waals surface area (Å²) in [6.45, 7) is 2.07. The van der Waals surface area contributed by atoms with E-state index in [0.29, 0.717) is 65.6 Å². The third-order valence-electron chi connectivity index (χ3n) is 5.67. The normalized spacial score (nSPS) is 19.9. The molecular weight excluding hydrogens is 388 g/mol. The van der Waals surface area contributed by atoms with Gasteiger partial charge in [0.2, 0.25) is 24.2 Å². The SMILES string of the molecule is CCCc1c(OC)c2c(c(OC)c1[C@@H]1C(C#N)=C(N)OC3=C1C(=O)CCC3)OCO2. The highest BCUT2D eigenvalue weighted by molar-refractivity contribution is 6.00. The van der Waals surface area contributed by atoms with Gasteiger partial charge in [-0.2, -0.15) is 5.26 Å². The number of hydrogen-bond donors (Lipinski definition) is 1. The lowest BCUT2D eigenvalue weighted by atomic mass is 9.75. The molecule has 0 radical (unpaired) electrons. The molecule has 8 nitrogen and oxygen atoms in total. The second-order valence-corrected chi connectivity index (χ2v) is 7.31. The van der Waals surface area contributed by atoms with Crippen molar-refractivity contribution in [2.45, 2.75) is 44.9 Å². The molecule has 8 heteroatoms. The molecule has 30 heavy (non-hydrogen) atoms. The quantitative estimate of drug-likeness (QED) is 0.784. The van der Waals surface area contributed by atoms with E-state index in [2.05, 4.69) is 6.07 Å². The molecule has 0 saturated carbocycles. The number of fused-ring (bicyclic) bond motifs is 1. The number of nitrogens with two attached hydrogens (primary N) is 1. The zero-order valence-electron chi connectivity index (χ0n) is 17.3. The lowest BCUT2D eigenvalue weighted by molar-refractivity contribution is -0.116. The Morgan fingerprint density at radius 2 is 1.87 bits per heavy atom. The smallest absolute Gasteiger partial charge is 0.231 e. The van der Waals surface area contributed by atoms with Crippen molar-refractivity contribution >= 4 is 5.78 Å². The van der Waals surface area contributed by atoms with E-state index in [-0.39, 0.29) is 24.0 Å². The standard InChI is InChI=1S/C22H24N2O6/c1-4-6-11-16(19(27-3)21-20(18(11)26-2)28-10-29-21)15-12(9-23)22(24)30-14-8-5-7-13(25)17(14)15/h15H,4-8,10,24H2,1-3H3/t15-/m0/s1. The van der Waals surface area contributed by atoms with Crippen LogP contribution in [0.2, 0.25) is 0 Å². The van der Waals surface area contributed by atoms with E-state index in [4.69, 9.17) is 29.4 Å². The molecule has 2 aliphatic heterocycles. The summed E-state index contributed by atoms with van der Waals surface area (Å²) < 4.78 is 28.5. The fourth-order valence-electron chi connectivity index (χ4n) is 4.50. The molecule has 1 atom stereocenters. The van der Waals surface area contributed by atoms with Gasteiger partial charge >= 0.3 is 0 Å². The van der Waals surface area contributed by atoms with E-state index in [0.717, 1.165) is 12.0 Å². The molecule has 0 spiro atoms. The van der Waals surface area contributed by atoms with Crippen LogP contribution in [0.25, 0.3) is 0 Å². The number of Topliss-reactive ketones (excluding diaryl/α,β-unsaturated/α-hetero) is 1. The van der Waals surface area contributed by atoms with Crippen molar-refractivity contribution in [3.05, 3.63) is 33.9 Å².